The van der Waals surface area contributed by atoms with Gasteiger partial charge in [0.1, 0.15) is 90.0 Å². The van der Waals surface area contributed by atoms with Gasteiger partial charge < -0.3 is 162 Å². The first-order valence-electron chi connectivity index (χ1n) is 46.4. The zero-order valence-corrected chi connectivity index (χ0v) is 79.9. The molecule has 0 aliphatic carbocycles. The number of carboxylic acids is 2. The van der Waals surface area contributed by atoms with E-state index in [1.54, 1.807) is 36.4 Å². The van der Waals surface area contributed by atoms with Crippen LogP contribution in [0.4, 0.5) is 4.79 Å². The first-order chi connectivity index (χ1) is 67.2. The summed E-state index contributed by atoms with van der Waals surface area (Å²) in [5.41, 5.74) is 47.2. The number of aromatic hydroxyl groups is 2. The SMILES string of the molecule is N=C(N)NCCC[C@@H]1NC(=O)[C@H](Cc2ccc(O)cc2)NC(=O)[C@@H](NC(=O)[C@H](Cc2ccc3ccccc3c2)NC(=O)[C@H](CCCNC(=N)N)NC(=O)[C@@H](N)CCCNC(=N)N)CSSC[C@@H](C(=O)N[C@@H](CCC(=O)O)C(=O)O)NC(=O)[C@H](CCCNC(N)=O)NC(=O)[C@H](CCCNC(=N)N)NC(=O)[C@H](Cc2ccc(O)cc2)NC(=O)[C@@H]2CCCN2C(=O)[C@@H](CCCCN)NC(=O)[C@H](CCCCN)NC1=O. The minimum Gasteiger partial charge on any atom is -0.508 e. The van der Waals surface area contributed by atoms with Gasteiger partial charge in [0.2, 0.25) is 76.8 Å². The Labute approximate surface area is 822 Å². The number of hydrogen-bond acceptors (Lipinski definition) is 27. The van der Waals surface area contributed by atoms with Crippen molar-refractivity contribution in [1.82, 2.24) is 95.3 Å². The third kappa shape index (κ3) is 42.5. The molecule has 2 saturated heterocycles. The van der Waals surface area contributed by atoms with E-state index < -0.39 is 234 Å². The summed E-state index contributed by atoms with van der Waals surface area (Å²) in [6.07, 6.45) is -2.84. The molecule has 0 aromatic heterocycles. The summed E-state index contributed by atoms with van der Waals surface area (Å²) in [7, 11) is 1.37. The number of carbonyl (C=O) groups excluding carboxylic acids is 14. The van der Waals surface area contributed by atoms with Crippen LogP contribution in [0.1, 0.15) is 145 Å². The lowest BCUT2D eigenvalue weighted by atomic mass is 10.00. The molecule has 2 heterocycles. The van der Waals surface area contributed by atoms with Gasteiger partial charge in [-0.2, -0.15) is 0 Å². The number of rotatable bonds is 46. The van der Waals surface area contributed by atoms with Gasteiger partial charge in [-0.1, -0.05) is 88.3 Å². The van der Waals surface area contributed by atoms with Gasteiger partial charge >= 0.3 is 18.0 Å². The predicted molar refractivity (Wildman–Crippen MR) is 526 cm³/mol. The van der Waals surface area contributed by atoms with Gasteiger partial charge in [0.25, 0.3) is 0 Å². The average molecular weight is 2010 g/mol. The van der Waals surface area contributed by atoms with Gasteiger partial charge in [-0.15, -0.1) is 0 Å². The smallest absolute Gasteiger partial charge is 0.326 e. The number of nitrogens with one attached hydrogen (secondary N) is 21. The normalized spacial score (nSPS) is 20.4. The summed E-state index contributed by atoms with van der Waals surface area (Å²) in [6, 6.07) is -1.18. The lowest BCUT2D eigenvalue weighted by molar-refractivity contribution is -0.143. The number of phenols is 2. The maximum atomic E-state index is 16.0. The summed E-state index contributed by atoms with van der Waals surface area (Å²) in [5.74, 6) is -20.1. The number of aliphatic carboxylic acids is 2. The van der Waals surface area contributed by atoms with E-state index in [4.69, 9.17) is 67.5 Å². The van der Waals surface area contributed by atoms with Crippen LogP contribution in [0.5, 0.6) is 11.5 Å². The van der Waals surface area contributed by atoms with E-state index in [2.05, 4.69) is 90.4 Å². The van der Waals surface area contributed by atoms with Crippen LogP contribution in [0.3, 0.4) is 0 Å². The highest BCUT2D eigenvalue weighted by Crippen LogP contribution is 2.27. The molecule has 6 rings (SSSR count). The molecule has 41 N–H and O–H groups in total. The van der Waals surface area contributed by atoms with Crippen molar-refractivity contribution in [2.24, 2.45) is 45.9 Å². The van der Waals surface area contributed by atoms with E-state index in [0.29, 0.717) is 50.9 Å². The van der Waals surface area contributed by atoms with Gasteiger partial charge in [0, 0.05) is 76.5 Å². The largest absolute Gasteiger partial charge is 0.508 e. The van der Waals surface area contributed by atoms with Crippen molar-refractivity contribution in [2.45, 2.75) is 232 Å². The van der Waals surface area contributed by atoms with E-state index in [-0.39, 0.29) is 185 Å². The first kappa shape index (κ1) is 115. The van der Waals surface area contributed by atoms with Gasteiger partial charge in [-0.3, -0.25) is 88.8 Å². The highest BCUT2D eigenvalue weighted by molar-refractivity contribution is 8.76. The number of amides is 15. The molecular formula is C89H136N30O20S2. The van der Waals surface area contributed by atoms with Gasteiger partial charge in [-0.25, -0.2) is 9.59 Å². The summed E-state index contributed by atoms with van der Waals surface area (Å²) in [4.78, 5) is 237. The van der Waals surface area contributed by atoms with Crippen molar-refractivity contribution in [3.05, 3.63) is 108 Å². The molecule has 2 aliphatic heterocycles. The minimum absolute atomic E-state index is 0.00303. The van der Waals surface area contributed by atoms with Crippen LogP contribution in [0.25, 0.3) is 10.8 Å². The lowest BCUT2D eigenvalue weighted by Crippen LogP contribution is -2.61. The summed E-state index contributed by atoms with van der Waals surface area (Å²) in [5, 5.41) is 118. The topological polar surface area (TPSA) is 865 Å². The highest BCUT2D eigenvalue weighted by Gasteiger charge is 2.43. The molecule has 52 heteroatoms. The zero-order chi connectivity index (χ0) is 104. The number of hydrogen-bond donors (Lipinski definition) is 33. The number of carboxylic acid groups (broad SMARTS) is 2. The number of urea groups is 1. The Hall–Kier alpha value is -14.3. The monoisotopic (exact) mass is 2010 g/mol. The molecule has 141 heavy (non-hydrogen) atoms. The fourth-order valence-electron chi connectivity index (χ4n) is 15.2. The number of unbranched alkanes of at least 4 members (excludes halogenated alkanes) is 2. The third-order valence-electron chi connectivity index (χ3n) is 22.8. The standard InChI is InChI=1S/C89H136N30O20S2/c90-35-5-3-16-57-74(127)112-62(17-4-6-36-91)83(136)119-42-12-22-69(119)82(135)116-65(45-50-26-31-55(121)32-27-50)78(131)111-60(20-10-40-105-88(99)100)73(126)109-61(21-11-41-106-89(101)139)76(129)117-67(80(133)113-63(84(137)138)33-34-70(122)123)47-140-141-48-68(81(134)115-64(44-49-24-29-54(120)30-25-49)77(130)110-59(72(125)108-57)19-9-39-104-87(97)98)118-79(132)66(46-51-23-28-52-13-1-2-14-53(52)43-51)114-75(128)58(18-8-38-103-86(95)96)107-71(124)56(92)15-7-37-102-85(93)94/h1-2,13-14,23-32,43,56-69,120-121H,3-12,15-22,33-42,44-48,90-92H2,(H,107,124)(H,108,125)(H,109,126)(H,110,130)(H,111,131)(H,112,127)(H,113,133)(H,114,128)(H,115,134)(H,116,135)(H,117,129)(H,118,132)(H,122,123)(H,137,138)(H4,93,94,102)(H4,95,96,103)(H4,97,98,104)(H4,99,100,105)(H3,101,106,139)/t56-,57-,58-,59-,60-,61-,62+,63-,64-,65-,66-,67-,68-,69-/m0/s1. The van der Waals surface area contributed by atoms with Crippen molar-refractivity contribution in [1.29, 1.82) is 21.6 Å². The number of fused-ring (bicyclic) bond motifs is 2. The quantitative estimate of drug-likeness (QED) is 0.00849. The molecule has 0 bridgehead atoms. The van der Waals surface area contributed by atoms with Crippen LogP contribution in [-0.4, -0.2) is 292 Å². The van der Waals surface area contributed by atoms with Crippen LogP contribution < -0.4 is 136 Å². The minimum atomic E-state index is -1.96. The van der Waals surface area contributed by atoms with E-state index >= 15 is 52.7 Å². The molecule has 4 aromatic rings. The van der Waals surface area contributed by atoms with E-state index in [0.717, 1.165) is 5.39 Å². The lowest BCUT2D eigenvalue weighted by Gasteiger charge is -2.31. The second-order valence-electron chi connectivity index (χ2n) is 33.9. The Bertz CT molecular complexity index is 4940. The maximum Gasteiger partial charge on any atom is 0.326 e. The Morgan fingerprint density at radius 2 is 0.858 bits per heavy atom. The third-order valence-corrected chi connectivity index (χ3v) is 25.2. The molecule has 0 radical (unpaired) electrons. The Kier molecular flexibility index (Phi) is 50.1. The van der Waals surface area contributed by atoms with Crippen molar-refractivity contribution in [3.63, 3.8) is 0 Å². The van der Waals surface area contributed by atoms with Crippen molar-refractivity contribution < 1.29 is 97.1 Å². The number of guanidine groups is 4. The van der Waals surface area contributed by atoms with Crippen molar-refractivity contribution in [2.75, 3.05) is 63.9 Å². The number of phenolic OH excluding ortho intramolecular Hbond substituents is 2. The summed E-state index contributed by atoms with van der Waals surface area (Å²) < 4.78 is 0. The number of benzene rings is 4. The second-order valence-corrected chi connectivity index (χ2v) is 36.5. The van der Waals surface area contributed by atoms with Gasteiger partial charge in [0.05, 0.1) is 6.04 Å². The second kappa shape index (κ2) is 61.2. The predicted octanol–water partition coefficient (Wildman–Crippen LogP) is -5.48. The molecule has 15 amide bonds. The molecular weight excluding hydrogens is 1870 g/mol. The molecule has 0 unspecified atom stereocenters. The number of nitrogens with two attached hydrogens (primary N) is 8. The number of nitrogens with zero attached hydrogens (tertiary/aromatic N) is 1. The molecule has 2 aliphatic rings. The molecule has 0 spiro atoms. The molecule has 4 aromatic carbocycles. The fourth-order valence-corrected chi connectivity index (χ4v) is 17.6. The summed E-state index contributed by atoms with van der Waals surface area (Å²) >= 11 is 0. The van der Waals surface area contributed by atoms with Crippen molar-refractivity contribution in [3.8, 4) is 11.5 Å². The van der Waals surface area contributed by atoms with Crippen molar-refractivity contribution >= 4 is 151 Å². The fraction of sp³-hybridized carbons (Fsp3) is 0.528. The van der Waals surface area contributed by atoms with E-state index in [1.165, 1.54) is 53.4 Å². The van der Waals surface area contributed by atoms with E-state index in [9.17, 15) is 44.4 Å². The first-order valence-corrected chi connectivity index (χ1v) is 48.9. The van der Waals surface area contributed by atoms with Gasteiger partial charge in [-0.05, 0) is 187 Å². The van der Waals surface area contributed by atoms with Crippen LogP contribution in [0.2, 0.25) is 0 Å². The number of carbonyl (C=O) groups is 16. The molecule has 0 saturated carbocycles. The summed E-state index contributed by atoms with van der Waals surface area (Å²) in [6.45, 7) is -0.0734. The van der Waals surface area contributed by atoms with Crippen LogP contribution in [0.15, 0.2) is 91.0 Å². The Morgan fingerprint density at radius 1 is 0.433 bits per heavy atom. The average Bonchev–Trinajstić information content (AvgIpc) is 1.73. The van der Waals surface area contributed by atoms with Crippen LogP contribution in [0, 0.1) is 21.6 Å². The number of primary amides is 1. The van der Waals surface area contributed by atoms with Crippen LogP contribution >= 0.6 is 21.6 Å². The molecule has 14 atom stereocenters. The Balaban J connectivity index is 1.61. The van der Waals surface area contributed by atoms with E-state index in [1.807, 2.05) is 6.07 Å². The highest BCUT2D eigenvalue weighted by atomic mass is 33.1. The zero-order valence-electron chi connectivity index (χ0n) is 78.3. The molecule has 2 fully saturated rings. The molecule has 774 valence electrons. The molecule has 50 nitrogen and oxygen atoms in total. The van der Waals surface area contributed by atoms with Gasteiger partial charge in [0.15, 0.2) is 23.8 Å². The van der Waals surface area contributed by atoms with Crippen LogP contribution in [-0.2, 0) is 91.2 Å². The Morgan fingerprint density at radius 3 is 1.35 bits per heavy atom. The maximum absolute atomic E-state index is 16.0.